The number of ether oxygens (including phenoxy) is 2. The lowest BCUT2D eigenvalue weighted by molar-refractivity contribution is 0.0106. The monoisotopic (exact) mass is 406 g/mol. The molecule has 0 radical (unpaired) electrons. The molecule has 29 heavy (non-hydrogen) atoms. The Kier molecular flexibility index (Phi) is 6.34. The average molecular weight is 406 g/mol. The molecular weight excluding hydrogens is 375 g/mol. The summed E-state index contributed by atoms with van der Waals surface area (Å²) in [6.07, 6.45) is 1.28. The molecule has 0 saturated carbocycles. The zero-order valence-electron chi connectivity index (χ0n) is 17.5. The third-order valence-corrected chi connectivity index (χ3v) is 5.71. The first-order chi connectivity index (χ1) is 13.7. The van der Waals surface area contributed by atoms with Crippen LogP contribution in [0.4, 0.5) is 14.0 Å². The topological polar surface area (TPSA) is 59.1 Å². The number of likely N-dealkylation sites (tertiary alicyclic amines) is 2. The maximum absolute atomic E-state index is 13.7. The molecule has 1 aromatic rings. The molecule has 160 valence electrons. The number of alkyl halides is 1. The van der Waals surface area contributed by atoms with E-state index in [1.165, 1.54) is 4.90 Å². The number of nitrogens with zero attached hydrogens (tertiary/aromatic N) is 2. The number of hydrogen-bond acceptors (Lipinski definition) is 4. The molecule has 0 bridgehead atoms. The lowest BCUT2D eigenvalue weighted by Crippen LogP contribution is -2.46. The fraction of sp³-hybridized carbons (Fsp3) is 0.636. The molecule has 2 fully saturated rings. The first kappa shape index (κ1) is 21.4. The molecule has 0 aromatic heterocycles. The number of carbonyl (C=O) groups is 2. The highest BCUT2D eigenvalue weighted by atomic mass is 19.1. The molecule has 1 aromatic carbocycles. The molecule has 1 unspecified atom stereocenters. The first-order valence-corrected chi connectivity index (χ1v) is 10.2. The van der Waals surface area contributed by atoms with Crippen LogP contribution >= 0.6 is 0 Å². The molecule has 0 N–H and O–H groups in total. The summed E-state index contributed by atoms with van der Waals surface area (Å²) in [5.74, 6) is 0. The van der Waals surface area contributed by atoms with Crippen LogP contribution in [0.2, 0.25) is 0 Å². The second kappa shape index (κ2) is 8.59. The van der Waals surface area contributed by atoms with Gasteiger partial charge in [-0.25, -0.2) is 14.0 Å². The summed E-state index contributed by atoms with van der Waals surface area (Å²) in [5.41, 5.74) is 0.205. The maximum Gasteiger partial charge on any atom is 0.410 e. The van der Waals surface area contributed by atoms with Crippen LogP contribution in [0.5, 0.6) is 0 Å². The molecule has 1 atom stereocenters. The number of amides is 2. The highest BCUT2D eigenvalue weighted by Gasteiger charge is 2.48. The van der Waals surface area contributed by atoms with Gasteiger partial charge in [-0.1, -0.05) is 30.3 Å². The summed E-state index contributed by atoms with van der Waals surface area (Å²) in [6, 6.07) is 8.98. The minimum absolute atomic E-state index is 0.166. The van der Waals surface area contributed by atoms with Gasteiger partial charge < -0.3 is 19.3 Å². The van der Waals surface area contributed by atoms with Gasteiger partial charge in [-0.05, 0) is 51.0 Å². The highest BCUT2D eigenvalue weighted by Crippen LogP contribution is 2.44. The molecule has 1 spiro atoms. The van der Waals surface area contributed by atoms with E-state index in [9.17, 15) is 14.0 Å². The van der Waals surface area contributed by atoms with Crippen LogP contribution in [0.1, 0.15) is 45.6 Å². The third kappa shape index (κ3) is 5.40. The van der Waals surface area contributed by atoms with Crippen molar-refractivity contribution in [3.63, 3.8) is 0 Å². The van der Waals surface area contributed by atoms with E-state index < -0.39 is 24.4 Å². The van der Waals surface area contributed by atoms with Gasteiger partial charge in [0.05, 0.1) is 6.04 Å². The molecule has 3 rings (SSSR count). The predicted octanol–water partition coefficient (Wildman–Crippen LogP) is 4.38. The largest absolute Gasteiger partial charge is 0.445 e. The summed E-state index contributed by atoms with van der Waals surface area (Å²) in [6.45, 7) is 6.71. The quantitative estimate of drug-likeness (QED) is 0.747. The fourth-order valence-corrected chi connectivity index (χ4v) is 4.17. The van der Waals surface area contributed by atoms with Gasteiger partial charge in [0, 0.05) is 19.6 Å². The standard InChI is InChI=1S/C22H31FN2O4/c1-21(2,3)29-19(26)24-11-9-22(10-12-24)13-18(14-23)25(16-22)20(27)28-15-17-7-5-4-6-8-17/h4-8,18H,9-16H2,1-3H3. The molecule has 2 aliphatic rings. The zero-order valence-corrected chi connectivity index (χ0v) is 17.5. The number of rotatable bonds is 3. The second-order valence-electron chi connectivity index (χ2n) is 9.15. The van der Waals surface area contributed by atoms with Crippen LogP contribution in [-0.2, 0) is 16.1 Å². The predicted molar refractivity (Wildman–Crippen MR) is 107 cm³/mol. The Bertz CT molecular complexity index is 711. The van der Waals surface area contributed by atoms with Crippen molar-refractivity contribution < 1.29 is 23.5 Å². The fourth-order valence-electron chi connectivity index (χ4n) is 4.17. The van der Waals surface area contributed by atoms with Crippen LogP contribution in [0.3, 0.4) is 0 Å². The van der Waals surface area contributed by atoms with Gasteiger partial charge in [-0.2, -0.15) is 0 Å². The van der Waals surface area contributed by atoms with Crippen molar-refractivity contribution in [2.75, 3.05) is 26.3 Å². The smallest absolute Gasteiger partial charge is 0.410 e. The molecule has 2 heterocycles. The second-order valence-corrected chi connectivity index (χ2v) is 9.15. The van der Waals surface area contributed by atoms with Gasteiger partial charge in [-0.15, -0.1) is 0 Å². The van der Waals surface area contributed by atoms with Crippen molar-refractivity contribution in [3.8, 4) is 0 Å². The van der Waals surface area contributed by atoms with Crippen molar-refractivity contribution in [2.45, 2.75) is 58.3 Å². The Labute approximate surface area is 171 Å². The van der Waals surface area contributed by atoms with Crippen molar-refractivity contribution in [3.05, 3.63) is 35.9 Å². The Balaban J connectivity index is 1.56. The summed E-state index contributed by atoms with van der Waals surface area (Å²) >= 11 is 0. The van der Waals surface area contributed by atoms with Gasteiger partial charge >= 0.3 is 12.2 Å². The van der Waals surface area contributed by atoms with Crippen LogP contribution < -0.4 is 0 Å². The van der Waals surface area contributed by atoms with Crippen molar-refractivity contribution in [2.24, 2.45) is 5.41 Å². The van der Waals surface area contributed by atoms with E-state index in [1.54, 1.807) is 4.90 Å². The van der Waals surface area contributed by atoms with Gasteiger partial charge in [0.25, 0.3) is 0 Å². The van der Waals surface area contributed by atoms with Gasteiger partial charge in [0.2, 0.25) is 0 Å². The van der Waals surface area contributed by atoms with Crippen molar-refractivity contribution in [1.29, 1.82) is 0 Å². The molecule has 0 aliphatic carbocycles. The summed E-state index contributed by atoms with van der Waals surface area (Å²) in [4.78, 5) is 28.1. The molecular formula is C22H31FN2O4. The summed E-state index contributed by atoms with van der Waals surface area (Å²) < 4.78 is 24.5. The van der Waals surface area contributed by atoms with E-state index in [0.29, 0.717) is 26.1 Å². The number of piperidine rings is 1. The van der Waals surface area contributed by atoms with Crippen molar-refractivity contribution >= 4 is 12.2 Å². The third-order valence-electron chi connectivity index (χ3n) is 5.71. The van der Waals surface area contributed by atoms with E-state index in [-0.39, 0.29) is 18.1 Å². The Morgan fingerprint density at radius 1 is 1.14 bits per heavy atom. The number of carbonyl (C=O) groups excluding carboxylic acids is 2. The van der Waals surface area contributed by atoms with Crippen LogP contribution in [0.25, 0.3) is 0 Å². The Morgan fingerprint density at radius 3 is 2.38 bits per heavy atom. The van der Waals surface area contributed by atoms with E-state index in [1.807, 2.05) is 51.1 Å². The van der Waals surface area contributed by atoms with Crippen LogP contribution in [-0.4, -0.2) is 59.9 Å². The van der Waals surface area contributed by atoms with E-state index in [0.717, 1.165) is 18.4 Å². The molecule has 7 heteroatoms. The zero-order chi connectivity index (χ0) is 21.1. The van der Waals surface area contributed by atoms with E-state index >= 15 is 0 Å². The number of halogens is 1. The van der Waals surface area contributed by atoms with Crippen molar-refractivity contribution in [1.82, 2.24) is 9.80 Å². The Hall–Kier alpha value is -2.31. The Morgan fingerprint density at radius 2 is 1.79 bits per heavy atom. The minimum atomic E-state index is -0.585. The molecule has 2 aliphatic heterocycles. The molecule has 6 nitrogen and oxygen atoms in total. The lowest BCUT2D eigenvalue weighted by Gasteiger charge is -2.39. The normalized spacial score (nSPS) is 21.3. The molecule has 2 saturated heterocycles. The minimum Gasteiger partial charge on any atom is -0.445 e. The maximum atomic E-state index is 13.7. The van der Waals surface area contributed by atoms with Gasteiger partial charge in [-0.3, -0.25) is 0 Å². The van der Waals surface area contributed by atoms with Gasteiger partial charge in [0.1, 0.15) is 18.9 Å². The summed E-state index contributed by atoms with van der Waals surface area (Å²) in [5, 5.41) is 0. The summed E-state index contributed by atoms with van der Waals surface area (Å²) in [7, 11) is 0. The number of benzene rings is 1. The first-order valence-electron chi connectivity index (χ1n) is 10.2. The highest BCUT2D eigenvalue weighted by molar-refractivity contribution is 5.69. The van der Waals surface area contributed by atoms with Gasteiger partial charge in [0.15, 0.2) is 0 Å². The van der Waals surface area contributed by atoms with Crippen LogP contribution in [0.15, 0.2) is 30.3 Å². The van der Waals surface area contributed by atoms with E-state index in [4.69, 9.17) is 9.47 Å². The average Bonchev–Trinajstić information content (AvgIpc) is 3.04. The van der Waals surface area contributed by atoms with Crippen LogP contribution in [0, 0.1) is 5.41 Å². The van der Waals surface area contributed by atoms with E-state index in [2.05, 4.69) is 0 Å². The lowest BCUT2D eigenvalue weighted by atomic mass is 9.77. The number of hydrogen-bond donors (Lipinski definition) is 0. The SMILES string of the molecule is CC(C)(C)OC(=O)N1CCC2(CC1)CC(CF)N(C(=O)OCc1ccccc1)C2. The molecule has 2 amide bonds.